The molecule has 1 atom stereocenters. The van der Waals surface area contributed by atoms with Crippen LogP contribution in [0.15, 0.2) is 53.1 Å². The number of nitrogens with zero attached hydrogens (tertiary/aromatic N) is 1. The molecule has 3 nitrogen and oxygen atoms in total. The van der Waals surface area contributed by atoms with E-state index in [0.717, 1.165) is 28.2 Å². The molecule has 0 spiro atoms. The van der Waals surface area contributed by atoms with E-state index in [2.05, 4.69) is 39.1 Å². The van der Waals surface area contributed by atoms with Gasteiger partial charge in [-0.15, -0.1) is 0 Å². The highest BCUT2D eigenvalue weighted by atomic mass is 79.9. The summed E-state index contributed by atoms with van der Waals surface area (Å²) in [4.78, 5) is 16.8. The lowest BCUT2D eigenvalue weighted by atomic mass is 9.96. The number of pyridine rings is 1. The van der Waals surface area contributed by atoms with Gasteiger partial charge in [0.05, 0.1) is 15.6 Å². The van der Waals surface area contributed by atoms with Crippen LogP contribution in [-0.4, -0.2) is 16.9 Å². The number of hydrogen-bond donors (Lipinski definition) is 0. The van der Waals surface area contributed by atoms with Crippen LogP contribution in [0.5, 0.6) is 5.75 Å². The predicted octanol–water partition coefficient (Wildman–Crippen LogP) is 5.62. The minimum absolute atomic E-state index is 0.0807. The summed E-state index contributed by atoms with van der Waals surface area (Å²) >= 11 is 9.47. The Morgan fingerprint density at radius 3 is 3.00 bits per heavy atom. The largest absolute Gasteiger partial charge is 0.488 e. The van der Waals surface area contributed by atoms with Crippen LogP contribution >= 0.6 is 27.5 Å². The smallest absolute Gasteiger partial charge is 0.170 e. The molecule has 2 heterocycles. The SMILES string of the molecule is O=C1CC(CCc2ccc3ncccc3c2)Oc2c(Br)cc(Cl)cc21. The van der Waals surface area contributed by atoms with Gasteiger partial charge < -0.3 is 4.74 Å². The molecule has 25 heavy (non-hydrogen) atoms. The first-order valence-electron chi connectivity index (χ1n) is 8.13. The highest BCUT2D eigenvalue weighted by molar-refractivity contribution is 9.10. The second-order valence-corrected chi connectivity index (χ2v) is 7.49. The number of benzene rings is 2. The average molecular weight is 417 g/mol. The van der Waals surface area contributed by atoms with Gasteiger partial charge in [0.2, 0.25) is 0 Å². The average Bonchev–Trinajstić information content (AvgIpc) is 2.61. The molecular formula is C20H15BrClNO2. The Hall–Kier alpha value is -1.91. The van der Waals surface area contributed by atoms with Gasteiger partial charge in [0.15, 0.2) is 5.78 Å². The normalized spacial score (nSPS) is 16.6. The Morgan fingerprint density at radius 1 is 1.24 bits per heavy atom. The maximum Gasteiger partial charge on any atom is 0.170 e. The van der Waals surface area contributed by atoms with Crippen molar-refractivity contribution in [3.8, 4) is 5.75 Å². The second-order valence-electron chi connectivity index (χ2n) is 6.20. The maximum atomic E-state index is 12.4. The van der Waals surface area contributed by atoms with Crippen LogP contribution in [0, 0.1) is 0 Å². The number of fused-ring (bicyclic) bond motifs is 2. The number of halogens is 2. The zero-order valence-corrected chi connectivity index (χ0v) is 15.7. The Kier molecular flexibility index (Phi) is 4.48. The predicted molar refractivity (Wildman–Crippen MR) is 103 cm³/mol. The van der Waals surface area contributed by atoms with E-state index in [-0.39, 0.29) is 11.9 Å². The van der Waals surface area contributed by atoms with Gasteiger partial charge in [-0.1, -0.05) is 23.7 Å². The third-order valence-electron chi connectivity index (χ3n) is 4.43. The number of aryl methyl sites for hydroxylation is 1. The number of ether oxygens (including phenoxy) is 1. The van der Waals surface area contributed by atoms with Crippen molar-refractivity contribution >= 4 is 44.2 Å². The van der Waals surface area contributed by atoms with E-state index in [4.69, 9.17) is 16.3 Å². The Morgan fingerprint density at radius 2 is 2.12 bits per heavy atom. The molecule has 2 aromatic carbocycles. The van der Waals surface area contributed by atoms with Crippen molar-refractivity contribution < 1.29 is 9.53 Å². The molecule has 3 aromatic rings. The molecule has 0 amide bonds. The molecule has 1 aromatic heterocycles. The van der Waals surface area contributed by atoms with E-state index >= 15 is 0 Å². The van der Waals surface area contributed by atoms with E-state index in [0.29, 0.717) is 22.8 Å². The highest BCUT2D eigenvalue weighted by Gasteiger charge is 2.28. The quantitative estimate of drug-likeness (QED) is 0.556. The number of carbonyl (C=O) groups is 1. The van der Waals surface area contributed by atoms with Crippen molar-refractivity contribution in [3.63, 3.8) is 0 Å². The summed E-state index contributed by atoms with van der Waals surface area (Å²) in [5, 5.41) is 1.66. The monoisotopic (exact) mass is 415 g/mol. The lowest BCUT2D eigenvalue weighted by molar-refractivity contribution is 0.0837. The summed E-state index contributed by atoms with van der Waals surface area (Å²) in [7, 11) is 0. The summed E-state index contributed by atoms with van der Waals surface area (Å²) in [5.74, 6) is 0.686. The molecule has 1 unspecified atom stereocenters. The van der Waals surface area contributed by atoms with Crippen molar-refractivity contribution in [2.24, 2.45) is 0 Å². The fourth-order valence-corrected chi connectivity index (χ4v) is 4.09. The third-order valence-corrected chi connectivity index (χ3v) is 5.24. The first-order chi connectivity index (χ1) is 12.1. The number of aromatic nitrogens is 1. The van der Waals surface area contributed by atoms with E-state index in [9.17, 15) is 4.79 Å². The van der Waals surface area contributed by atoms with Crippen molar-refractivity contribution in [2.45, 2.75) is 25.4 Å². The van der Waals surface area contributed by atoms with Crippen LogP contribution in [0.2, 0.25) is 5.02 Å². The molecule has 1 aliphatic rings. The minimum atomic E-state index is -0.123. The first kappa shape index (κ1) is 16.6. The molecule has 126 valence electrons. The van der Waals surface area contributed by atoms with E-state index in [1.54, 1.807) is 18.3 Å². The highest BCUT2D eigenvalue weighted by Crippen LogP contribution is 2.38. The summed E-state index contributed by atoms with van der Waals surface area (Å²) in [6.45, 7) is 0. The molecule has 0 N–H and O–H groups in total. The number of ketones is 1. The zero-order valence-electron chi connectivity index (χ0n) is 13.3. The molecule has 0 aliphatic carbocycles. The van der Waals surface area contributed by atoms with Gasteiger partial charge in [-0.05, 0) is 64.7 Å². The van der Waals surface area contributed by atoms with Gasteiger partial charge in [0, 0.05) is 23.0 Å². The minimum Gasteiger partial charge on any atom is -0.488 e. The van der Waals surface area contributed by atoms with Crippen molar-refractivity contribution in [3.05, 3.63) is 69.3 Å². The number of carbonyl (C=O) groups excluding carboxylic acids is 1. The van der Waals surface area contributed by atoms with Crippen LogP contribution < -0.4 is 4.74 Å². The summed E-state index contributed by atoms with van der Waals surface area (Å²) in [6, 6.07) is 13.7. The lowest BCUT2D eigenvalue weighted by Crippen LogP contribution is -2.27. The maximum absolute atomic E-state index is 12.4. The summed E-state index contributed by atoms with van der Waals surface area (Å²) in [6.07, 6.45) is 3.69. The molecule has 4 rings (SSSR count). The second kappa shape index (κ2) is 6.77. The number of hydrogen-bond acceptors (Lipinski definition) is 3. The number of rotatable bonds is 3. The summed E-state index contributed by atoms with van der Waals surface area (Å²) in [5.41, 5.74) is 2.77. The molecule has 5 heteroatoms. The van der Waals surface area contributed by atoms with Crippen LogP contribution in [0.4, 0.5) is 0 Å². The Balaban J connectivity index is 1.50. The van der Waals surface area contributed by atoms with Gasteiger partial charge in [-0.3, -0.25) is 9.78 Å². The van der Waals surface area contributed by atoms with Crippen LogP contribution in [0.25, 0.3) is 10.9 Å². The van der Waals surface area contributed by atoms with Crippen LogP contribution in [0.1, 0.15) is 28.8 Å². The fourth-order valence-electron chi connectivity index (χ4n) is 3.18. The zero-order chi connectivity index (χ0) is 17.4. The van der Waals surface area contributed by atoms with E-state index in [1.165, 1.54) is 5.56 Å². The van der Waals surface area contributed by atoms with Gasteiger partial charge in [-0.2, -0.15) is 0 Å². The van der Waals surface area contributed by atoms with Crippen molar-refractivity contribution in [1.29, 1.82) is 0 Å². The molecular weight excluding hydrogens is 402 g/mol. The summed E-state index contributed by atoms with van der Waals surface area (Å²) < 4.78 is 6.79. The molecule has 0 fully saturated rings. The first-order valence-corrected chi connectivity index (χ1v) is 9.30. The Bertz CT molecular complexity index is 973. The molecule has 0 radical (unpaired) electrons. The molecule has 0 saturated carbocycles. The fraction of sp³-hybridized carbons (Fsp3) is 0.200. The van der Waals surface area contributed by atoms with Gasteiger partial charge in [0.1, 0.15) is 11.9 Å². The van der Waals surface area contributed by atoms with Crippen LogP contribution in [0.3, 0.4) is 0 Å². The molecule has 0 bridgehead atoms. The van der Waals surface area contributed by atoms with E-state index < -0.39 is 0 Å². The topological polar surface area (TPSA) is 39.2 Å². The third kappa shape index (κ3) is 3.42. The van der Waals surface area contributed by atoms with Crippen molar-refractivity contribution in [2.75, 3.05) is 0 Å². The van der Waals surface area contributed by atoms with Crippen molar-refractivity contribution in [1.82, 2.24) is 4.98 Å². The van der Waals surface area contributed by atoms with Gasteiger partial charge >= 0.3 is 0 Å². The number of Topliss-reactive ketones (excluding diaryl/α,β-unsaturated/α-hetero) is 1. The van der Waals surface area contributed by atoms with E-state index in [1.807, 2.05) is 12.1 Å². The standard InChI is InChI=1S/C20H15BrClNO2/c21-17-10-14(22)9-16-19(24)11-15(25-20(16)17)5-3-12-4-6-18-13(8-12)2-1-7-23-18/h1-2,4,6-10,15H,3,5,11H2. The molecule has 0 saturated heterocycles. The Labute approximate surface area is 159 Å². The molecule has 1 aliphatic heterocycles. The van der Waals surface area contributed by atoms with Gasteiger partial charge in [-0.25, -0.2) is 0 Å². The van der Waals surface area contributed by atoms with Crippen LogP contribution in [-0.2, 0) is 6.42 Å². The lowest BCUT2D eigenvalue weighted by Gasteiger charge is -2.26. The van der Waals surface area contributed by atoms with Gasteiger partial charge in [0.25, 0.3) is 0 Å².